The number of nitrogens with one attached hydrogen (secondary N) is 1. The lowest BCUT2D eigenvalue weighted by atomic mass is 10.00. The van der Waals surface area contributed by atoms with E-state index in [1.54, 1.807) is 0 Å². The number of fused-ring (bicyclic) bond motifs is 1. The van der Waals surface area contributed by atoms with Crippen molar-refractivity contribution in [3.63, 3.8) is 0 Å². The predicted octanol–water partition coefficient (Wildman–Crippen LogP) is 3.19. The molecule has 1 heterocycles. The van der Waals surface area contributed by atoms with E-state index in [1.165, 1.54) is 10.9 Å². The first-order valence-electron chi connectivity index (χ1n) is 6.64. The number of benzene rings is 1. The number of rotatable bonds is 3. The lowest BCUT2D eigenvalue weighted by Gasteiger charge is -2.07. The van der Waals surface area contributed by atoms with Crippen LogP contribution in [0.25, 0.3) is 10.9 Å². The first kappa shape index (κ1) is 11.7. The fourth-order valence-corrected chi connectivity index (χ4v) is 3.35. The summed E-state index contributed by atoms with van der Waals surface area (Å²) in [6, 6.07) is 10.7. The maximum Gasteiger partial charge on any atom is 0.0704 e. The van der Waals surface area contributed by atoms with Crippen molar-refractivity contribution in [2.75, 3.05) is 13.6 Å². The highest BCUT2D eigenvalue weighted by Gasteiger charge is 2.57. The Morgan fingerprint density at radius 3 is 2.78 bits per heavy atom. The molecule has 0 amide bonds. The number of aromatic nitrogens is 1. The van der Waals surface area contributed by atoms with Crippen LogP contribution in [0.15, 0.2) is 36.5 Å². The van der Waals surface area contributed by atoms with Gasteiger partial charge in [0.05, 0.1) is 5.52 Å². The summed E-state index contributed by atoms with van der Waals surface area (Å²) in [6.45, 7) is 5.83. The Balaban J connectivity index is 2.06. The summed E-state index contributed by atoms with van der Waals surface area (Å²) in [5.41, 5.74) is 2.97. The molecule has 2 aromatic rings. The molecule has 0 radical (unpaired) electrons. The van der Waals surface area contributed by atoms with Gasteiger partial charge in [-0.05, 0) is 48.5 Å². The van der Waals surface area contributed by atoms with Crippen LogP contribution in [0.2, 0.25) is 0 Å². The van der Waals surface area contributed by atoms with Crippen molar-refractivity contribution in [1.82, 2.24) is 10.3 Å². The van der Waals surface area contributed by atoms with Crippen LogP contribution >= 0.6 is 0 Å². The smallest absolute Gasteiger partial charge is 0.0704 e. The van der Waals surface area contributed by atoms with E-state index in [4.69, 9.17) is 0 Å². The zero-order valence-electron chi connectivity index (χ0n) is 11.3. The zero-order chi connectivity index (χ0) is 12.8. The SMILES string of the molecule is CNCC1C(c2ccnc3ccccc23)C1(C)C. The second kappa shape index (κ2) is 4.06. The second-order valence-electron chi connectivity index (χ2n) is 5.88. The van der Waals surface area contributed by atoms with E-state index in [2.05, 4.69) is 54.5 Å². The molecule has 3 rings (SSSR count). The number of pyridine rings is 1. The maximum absolute atomic E-state index is 4.46. The Hall–Kier alpha value is -1.41. The molecule has 2 unspecified atom stereocenters. The number of nitrogens with zero attached hydrogens (tertiary/aromatic N) is 1. The lowest BCUT2D eigenvalue weighted by Crippen LogP contribution is -2.12. The van der Waals surface area contributed by atoms with E-state index in [1.807, 2.05) is 13.2 Å². The monoisotopic (exact) mass is 240 g/mol. The van der Waals surface area contributed by atoms with Crippen molar-refractivity contribution < 1.29 is 0 Å². The van der Waals surface area contributed by atoms with Crippen LogP contribution in [0.4, 0.5) is 0 Å². The van der Waals surface area contributed by atoms with Gasteiger partial charge in [-0.2, -0.15) is 0 Å². The minimum atomic E-state index is 0.396. The lowest BCUT2D eigenvalue weighted by molar-refractivity contribution is 0.536. The van der Waals surface area contributed by atoms with Gasteiger partial charge in [-0.3, -0.25) is 4.98 Å². The van der Waals surface area contributed by atoms with Crippen LogP contribution in [0.5, 0.6) is 0 Å². The third-order valence-corrected chi connectivity index (χ3v) is 4.49. The van der Waals surface area contributed by atoms with Crippen molar-refractivity contribution >= 4 is 10.9 Å². The van der Waals surface area contributed by atoms with Crippen LogP contribution in [0.3, 0.4) is 0 Å². The molecule has 2 atom stereocenters. The van der Waals surface area contributed by atoms with E-state index in [0.717, 1.165) is 18.0 Å². The highest BCUT2D eigenvalue weighted by atomic mass is 14.9. The largest absolute Gasteiger partial charge is 0.319 e. The molecular weight excluding hydrogens is 220 g/mol. The average Bonchev–Trinajstić information content (AvgIpc) is 2.91. The molecule has 0 saturated heterocycles. The molecule has 1 aromatic heterocycles. The van der Waals surface area contributed by atoms with Gasteiger partial charge in [0, 0.05) is 11.6 Å². The number of hydrogen-bond donors (Lipinski definition) is 1. The zero-order valence-corrected chi connectivity index (χ0v) is 11.3. The Labute approximate surface area is 108 Å². The first-order valence-corrected chi connectivity index (χ1v) is 6.64. The molecule has 1 saturated carbocycles. The molecule has 2 nitrogen and oxygen atoms in total. The summed E-state index contributed by atoms with van der Waals surface area (Å²) in [7, 11) is 2.04. The predicted molar refractivity (Wildman–Crippen MR) is 75.7 cm³/mol. The normalized spacial score (nSPS) is 25.3. The summed E-state index contributed by atoms with van der Waals surface area (Å²) in [5, 5.41) is 4.63. The highest BCUT2D eigenvalue weighted by Crippen LogP contribution is 2.64. The van der Waals surface area contributed by atoms with Gasteiger partial charge in [0.2, 0.25) is 0 Å². The molecule has 2 heteroatoms. The third-order valence-electron chi connectivity index (χ3n) is 4.49. The van der Waals surface area contributed by atoms with Crippen molar-refractivity contribution in [3.05, 3.63) is 42.1 Å². The Morgan fingerprint density at radius 2 is 2.00 bits per heavy atom. The average molecular weight is 240 g/mol. The van der Waals surface area contributed by atoms with Crippen LogP contribution < -0.4 is 5.32 Å². The quantitative estimate of drug-likeness (QED) is 0.891. The summed E-state index contributed by atoms with van der Waals surface area (Å²) >= 11 is 0. The first-order chi connectivity index (χ1) is 8.66. The van der Waals surface area contributed by atoms with Gasteiger partial charge in [0.25, 0.3) is 0 Å². The van der Waals surface area contributed by atoms with E-state index < -0.39 is 0 Å². The molecule has 1 N–H and O–H groups in total. The van der Waals surface area contributed by atoms with Gasteiger partial charge in [0.1, 0.15) is 0 Å². The van der Waals surface area contributed by atoms with E-state index in [0.29, 0.717) is 11.3 Å². The van der Waals surface area contributed by atoms with Crippen molar-refractivity contribution in [2.24, 2.45) is 11.3 Å². The van der Waals surface area contributed by atoms with E-state index >= 15 is 0 Å². The van der Waals surface area contributed by atoms with Crippen LogP contribution in [-0.4, -0.2) is 18.6 Å². The van der Waals surface area contributed by atoms with Crippen LogP contribution in [0.1, 0.15) is 25.3 Å². The molecule has 1 fully saturated rings. The molecule has 18 heavy (non-hydrogen) atoms. The molecule has 1 aromatic carbocycles. The summed E-state index contributed by atoms with van der Waals surface area (Å²) in [5.74, 6) is 1.38. The summed E-state index contributed by atoms with van der Waals surface area (Å²) in [4.78, 5) is 4.46. The number of hydrogen-bond acceptors (Lipinski definition) is 2. The van der Waals surface area contributed by atoms with Crippen molar-refractivity contribution in [2.45, 2.75) is 19.8 Å². The van der Waals surface area contributed by atoms with Crippen molar-refractivity contribution in [3.8, 4) is 0 Å². The highest BCUT2D eigenvalue weighted by molar-refractivity contribution is 5.83. The van der Waals surface area contributed by atoms with Gasteiger partial charge >= 0.3 is 0 Å². The molecule has 1 aliphatic rings. The number of para-hydroxylation sites is 1. The van der Waals surface area contributed by atoms with Gasteiger partial charge < -0.3 is 5.32 Å². The third kappa shape index (κ3) is 1.64. The van der Waals surface area contributed by atoms with Gasteiger partial charge in [-0.15, -0.1) is 0 Å². The maximum atomic E-state index is 4.46. The second-order valence-corrected chi connectivity index (χ2v) is 5.88. The molecule has 94 valence electrons. The molecule has 0 aliphatic heterocycles. The van der Waals surface area contributed by atoms with E-state index in [-0.39, 0.29) is 0 Å². The van der Waals surface area contributed by atoms with Crippen LogP contribution in [0, 0.1) is 11.3 Å². The summed E-state index contributed by atoms with van der Waals surface area (Å²) < 4.78 is 0. The van der Waals surface area contributed by atoms with Crippen molar-refractivity contribution in [1.29, 1.82) is 0 Å². The Bertz CT molecular complexity index is 569. The van der Waals surface area contributed by atoms with Gasteiger partial charge in [0.15, 0.2) is 0 Å². The minimum absolute atomic E-state index is 0.396. The topological polar surface area (TPSA) is 24.9 Å². The molecule has 1 aliphatic carbocycles. The molecular formula is C16H20N2. The Kier molecular flexibility index (Phi) is 2.63. The van der Waals surface area contributed by atoms with Gasteiger partial charge in [-0.1, -0.05) is 32.0 Å². The Morgan fingerprint density at radius 1 is 1.22 bits per heavy atom. The fourth-order valence-electron chi connectivity index (χ4n) is 3.35. The standard InChI is InChI=1S/C16H20N2/c1-16(2)13(10-17-3)15(16)12-8-9-18-14-7-5-4-6-11(12)14/h4-9,13,15,17H,10H2,1-3H3. The van der Waals surface area contributed by atoms with Crippen LogP contribution in [-0.2, 0) is 0 Å². The van der Waals surface area contributed by atoms with E-state index in [9.17, 15) is 0 Å². The summed E-state index contributed by atoms with van der Waals surface area (Å²) in [6.07, 6.45) is 1.95. The molecule has 0 spiro atoms. The minimum Gasteiger partial charge on any atom is -0.319 e. The molecule has 0 bridgehead atoms. The van der Waals surface area contributed by atoms with Gasteiger partial charge in [-0.25, -0.2) is 0 Å². The fraction of sp³-hybridized carbons (Fsp3) is 0.438.